The van der Waals surface area contributed by atoms with E-state index in [9.17, 15) is 4.79 Å². The molecule has 0 bridgehead atoms. The molecule has 106 valence electrons. The average Bonchev–Trinajstić information content (AvgIpc) is 2.39. The van der Waals surface area contributed by atoms with Gasteiger partial charge in [-0.25, -0.2) is 0 Å². The van der Waals surface area contributed by atoms with Crippen LogP contribution in [0.25, 0.3) is 0 Å². The summed E-state index contributed by atoms with van der Waals surface area (Å²) in [5.41, 5.74) is 2.57. The summed E-state index contributed by atoms with van der Waals surface area (Å²) in [6.45, 7) is 7.10. The Morgan fingerprint density at radius 1 is 1.32 bits per heavy atom. The minimum absolute atomic E-state index is 0.192. The fourth-order valence-electron chi connectivity index (χ4n) is 2.31. The van der Waals surface area contributed by atoms with Gasteiger partial charge in [-0.1, -0.05) is 56.5 Å². The first-order valence-corrected chi connectivity index (χ1v) is 7.50. The molecule has 1 N–H and O–H groups in total. The lowest BCUT2D eigenvalue weighted by atomic mass is 9.98. The second-order valence-corrected chi connectivity index (χ2v) is 5.28. The number of carbonyl (C=O) groups is 1. The third-order valence-corrected chi connectivity index (χ3v) is 3.57. The van der Waals surface area contributed by atoms with Gasteiger partial charge in [0.2, 0.25) is 5.91 Å². The van der Waals surface area contributed by atoms with Gasteiger partial charge in [-0.05, 0) is 31.7 Å². The molecule has 1 aromatic carbocycles. The zero-order valence-corrected chi connectivity index (χ0v) is 12.5. The number of unbranched alkanes of at least 4 members (excludes halogenated alkanes) is 1. The highest BCUT2D eigenvalue weighted by Crippen LogP contribution is 2.12. The van der Waals surface area contributed by atoms with Crippen molar-refractivity contribution in [2.75, 3.05) is 6.54 Å². The fraction of sp³-hybridized carbons (Fsp3) is 0.588. The van der Waals surface area contributed by atoms with Crippen LogP contribution < -0.4 is 5.32 Å². The van der Waals surface area contributed by atoms with Crippen molar-refractivity contribution in [3.05, 3.63) is 35.4 Å². The van der Waals surface area contributed by atoms with Crippen molar-refractivity contribution in [1.29, 1.82) is 0 Å². The van der Waals surface area contributed by atoms with Crippen molar-refractivity contribution in [2.24, 2.45) is 5.92 Å². The Hall–Kier alpha value is -1.31. The van der Waals surface area contributed by atoms with Gasteiger partial charge in [-0.3, -0.25) is 4.79 Å². The second kappa shape index (κ2) is 8.73. The van der Waals surface area contributed by atoms with Gasteiger partial charge in [0.25, 0.3) is 0 Å². The van der Waals surface area contributed by atoms with Gasteiger partial charge in [-0.15, -0.1) is 0 Å². The quantitative estimate of drug-likeness (QED) is 0.756. The van der Waals surface area contributed by atoms with Gasteiger partial charge in [0.1, 0.15) is 0 Å². The van der Waals surface area contributed by atoms with Crippen LogP contribution in [0.2, 0.25) is 0 Å². The van der Waals surface area contributed by atoms with Crippen molar-refractivity contribution in [2.45, 2.75) is 52.9 Å². The summed E-state index contributed by atoms with van der Waals surface area (Å²) < 4.78 is 0. The molecule has 1 unspecified atom stereocenters. The van der Waals surface area contributed by atoms with E-state index in [0.717, 1.165) is 38.6 Å². The first kappa shape index (κ1) is 15.7. The molecule has 0 aliphatic heterocycles. The van der Waals surface area contributed by atoms with Crippen molar-refractivity contribution in [3.8, 4) is 0 Å². The van der Waals surface area contributed by atoms with E-state index in [1.54, 1.807) is 0 Å². The molecule has 0 heterocycles. The molecule has 1 rings (SSSR count). The summed E-state index contributed by atoms with van der Waals surface area (Å²) in [5, 5.41) is 3.07. The Kier molecular flexibility index (Phi) is 7.24. The number of hydrogen-bond donors (Lipinski definition) is 1. The van der Waals surface area contributed by atoms with Crippen LogP contribution in [0, 0.1) is 12.8 Å². The molecule has 0 radical (unpaired) electrons. The summed E-state index contributed by atoms with van der Waals surface area (Å²) in [7, 11) is 0. The van der Waals surface area contributed by atoms with E-state index in [1.807, 2.05) is 0 Å². The van der Waals surface area contributed by atoms with Crippen LogP contribution >= 0.6 is 0 Å². The minimum atomic E-state index is 0.192. The van der Waals surface area contributed by atoms with Gasteiger partial charge in [0, 0.05) is 12.5 Å². The molecule has 1 amide bonds. The largest absolute Gasteiger partial charge is 0.356 e. The van der Waals surface area contributed by atoms with E-state index >= 15 is 0 Å². The maximum absolute atomic E-state index is 12.0. The van der Waals surface area contributed by atoms with E-state index in [4.69, 9.17) is 0 Å². The fourth-order valence-corrected chi connectivity index (χ4v) is 2.31. The van der Waals surface area contributed by atoms with Crippen LogP contribution in [-0.4, -0.2) is 12.5 Å². The van der Waals surface area contributed by atoms with E-state index in [0.29, 0.717) is 0 Å². The number of benzene rings is 1. The molecule has 2 nitrogen and oxygen atoms in total. The number of nitrogens with one attached hydrogen (secondary N) is 1. The summed E-state index contributed by atoms with van der Waals surface area (Å²) in [6, 6.07) is 8.47. The predicted molar refractivity (Wildman–Crippen MR) is 81.2 cm³/mol. The first-order chi connectivity index (χ1) is 9.17. The second-order valence-electron chi connectivity index (χ2n) is 5.28. The highest BCUT2D eigenvalue weighted by atomic mass is 16.1. The van der Waals surface area contributed by atoms with E-state index < -0.39 is 0 Å². The molecule has 1 atom stereocenters. The molecule has 0 fully saturated rings. The molecular formula is C17H27NO. The standard InChI is InChI=1S/C17H27NO/c1-4-6-10-16(5-2)17(19)18-12-11-15-9-7-8-14(3)13-15/h7-9,13,16H,4-6,10-12H2,1-3H3,(H,18,19). The molecule has 0 saturated carbocycles. The predicted octanol–water partition coefficient (Wildman–Crippen LogP) is 3.87. The van der Waals surface area contributed by atoms with Gasteiger partial charge >= 0.3 is 0 Å². The van der Waals surface area contributed by atoms with Gasteiger partial charge < -0.3 is 5.32 Å². The third-order valence-electron chi connectivity index (χ3n) is 3.57. The zero-order chi connectivity index (χ0) is 14.1. The first-order valence-electron chi connectivity index (χ1n) is 7.50. The number of carbonyl (C=O) groups excluding carboxylic acids is 1. The van der Waals surface area contributed by atoms with Crippen LogP contribution in [0.1, 0.15) is 50.7 Å². The summed E-state index contributed by atoms with van der Waals surface area (Å²) in [4.78, 5) is 12.0. The summed E-state index contributed by atoms with van der Waals surface area (Å²) in [6.07, 6.45) is 5.17. The average molecular weight is 261 g/mol. The Balaban J connectivity index is 2.33. The molecule has 0 saturated heterocycles. The molecule has 0 aliphatic rings. The lowest BCUT2D eigenvalue weighted by Gasteiger charge is -2.14. The zero-order valence-electron chi connectivity index (χ0n) is 12.5. The Labute approximate surface area is 117 Å². The monoisotopic (exact) mass is 261 g/mol. The van der Waals surface area contributed by atoms with Crippen LogP contribution in [0.15, 0.2) is 24.3 Å². The topological polar surface area (TPSA) is 29.1 Å². The number of hydrogen-bond acceptors (Lipinski definition) is 1. The summed E-state index contributed by atoms with van der Waals surface area (Å²) in [5.74, 6) is 0.418. The van der Waals surface area contributed by atoms with Crippen LogP contribution in [0.3, 0.4) is 0 Å². The van der Waals surface area contributed by atoms with Crippen LogP contribution in [0.4, 0.5) is 0 Å². The Bertz CT molecular complexity index is 387. The van der Waals surface area contributed by atoms with Crippen LogP contribution in [-0.2, 0) is 11.2 Å². The molecule has 2 heteroatoms. The Morgan fingerprint density at radius 3 is 2.74 bits per heavy atom. The highest BCUT2D eigenvalue weighted by molar-refractivity contribution is 5.78. The highest BCUT2D eigenvalue weighted by Gasteiger charge is 2.14. The number of aryl methyl sites for hydroxylation is 1. The van der Waals surface area contributed by atoms with Gasteiger partial charge in [0.15, 0.2) is 0 Å². The molecule has 0 aromatic heterocycles. The molecular weight excluding hydrogens is 234 g/mol. The van der Waals surface area contributed by atoms with Gasteiger partial charge in [0.05, 0.1) is 0 Å². The third kappa shape index (κ3) is 5.91. The lowest BCUT2D eigenvalue weighted by molar-refractivity contribution is -0.125. The molecule has 0 spiro atoms. The molecule has 1 aromatic rings. The lowest BCUT2D eigenvalue weighted by Crippen LogP contribution is -2.32. The van der Waals surface area contributed by atoms with Crippen molar-refractivity contribution >= 4 is 5.91 Å². The maximum atomic E-state index is 12.0. The van der Waals surface area contributed by atoms with E-state index in [-0.39, 0.29) is 11.8 Å². The molecule has 0 aliphatic carbocycles. The summed E-state index contributed by atoms with van der Waals surface area (Å²) >= 11 is 0. The normalized spacial score (nSPS) is 12.2. The van der Waals surface area contributed by atoms with Crippen LogP contribution in [0.5, 0.6) is 0 Å². The van der Waals surface area contributed by atoms with E-state index in [1.165, 1.54) is 11.1 Å². The smallest absolute Gasteiger partial charge is 0.223 e. The number of rotatable bonds is 8. The van der Waals surface area contributed by atoms with E-state index in [2.05, 4.69) is 50.4 Å². The van der Waals surface area contributed by atoms with Gasteiger partial charge in [-0.2, -0.15) is 0 Å². The van der Waals surface area contributed by atoms with Crippen molar-refractivity contribution in [3.63, 3.8) is 0 Å². The minimum Gasteiger partial charge on any atom is -0.356 e. The maximum Gasteiger partial charge on any atom is 0.223 e. The number of amides is 1. The molecule has 19 heavy (non-hydrogen) atoms. The Morgan fingerprint density at radius 2 is 2.11 bits per heavy atom. The SMILES string of the molecule is CCCCC(CC)C(=O)NCCc1cccc(C)c1. The van der Waals surface area contributed by atoms with Crippen molar-refractivity contribution in [1.82, 2.24) is 5.32 Å². The van der Waals surface area contributed by atoms with Crippen molar-refractivity contribution < 1.29 is 4.79 Å².